The average molecular weight is 402 g/mol. The fourth-order valence-corrected chi connectivity index (χ4v) is 3.02. The molecule has 2 aromatic carbocycles. The van der Waals surface area contributed by atoms with Crippen molar-refractivity contribution in [2.75, 3.05) is 0 Å². The van der Waals surface area contributed by atoms with Crippen molar-refractivity contribution < 1.29 is 9.53 Å². The molecule has 2 aromatic rings. The highest BCUT2D eigenvalue weighted by molar-refractivity contribution is 9.09. The third kappa shape index (κ3) is 4.03. The van der Waals surface area contributed by atoms with Crippen molar-refractivity contribution >= 4 is 44.9 Å². The van der Waals surface area contributed by atoms with Crippen LogP contribution in [0.2, 0.25) is 10.0 Å². The van der Waals surface area contributed by atoms with Crippen LogP contribution in [0.25, 0.3) is 0 Å². The molecule has 1 unspecified atom stereocenters. The Kier molecular flexibility index (Phi) is 5.54. The van der Waals surface area contributed by atoms with Crippen LogP contribution in [-0.2, 0) is 10.2 Å². The molecular formula is C17H15BrCl2O2. The predicted molar refractivity (Wildman–Crippen MR) is 94.3 cm³/mol. The average Bonchev–Trinajstić information content (AvgIpc) is 2.49. The van der Waals surface area contributed by atoms with Crippen molar-refractivity contribution in [1.82, 2.24) is 0 Å². The van der Waals surface area contributed by atoms with Crippen LogP contribution in [-0.4, -0.2) is 10.8 Å². The van der Waals surface area contributed by atoms with Crippen LogP contribution in [0.1, 0.15) is 19.4 Å². The Morgan fingerprint density at radius 1 is 1.00 bits per heavy atom. The maximum absolute atomic E-state index is 12.7. The Bertz CT molecular complexity index is 651. The van der Waals surface area contributed by atoms with Crippen molar-refractivity contribution in [2.24, 2.45) is 0 Å². The molecule has 0 saturated carbocycles. The van der Waals surface area contributed by atoms with Gasteiger partial charge in [0.15, 0.2) is 5.78 Å². The number of alkyl halides is 1. The molecule has 0 saturated heterocycles. The molecule has 0 aliphatic rings. The zero-order valence-corrected chi connectivity index (χ0v) is 15.2. The SMILES string of the molecule is CC(C)(C(=O)C(Br)Oc1ccc(Cl)cc1)c1ccc(Cl)cc1. The van der Waals surface area contributed by atoms with Gasteiger partial charge in [0.05, 0.1) is 5.41 Å². The monoisotopic (exact) mass is 400 g/mol. The van der Waals surface area contributed by atoms with Gasteiger partial charge in [-0.2, -0.15) is 0 Å². The van der Waals surface area contributed by atoms with Gasteiger partial charge in [-0.05, 0) is 71.7 Å². The lowest BCUT2D eigenvalue weighted by atomic mass is 9.81. The summed E-state index contributed by atoms with van der Waals surface area (Å²) >= 11 is 15.0. The fourth-order valence-electron chi connectivity index (χ4n) is 1.98. The van der Waals surface area contributed by atoms with E-state index in [2.05, 4.69) is 15.9 Å². The standard InChI is InChI=1S/C17H15BrCl2O2/c1-17(2,11-3-5-12(19)6-4-11)15(21)16(18)22-14-9-7-13(20)8-10-14/h3-10,16H,1-2H3. The first-order chi connectivity index (χ1) is 10.3. The van der Waals surface area contributed by atoms with E-state index in [1.165, 1.54) is 0 Å². The lowest BCUT2D eigenvalue weighted by Crippen LogP contribution is -2.37. The molecule has 0 amide bonds. The van der Waals surface area contributed by atoms with Crippen LogP contribution in [0.3, 0.4) is 0 Å². The van der Waals surface area contributed by atoms with E-state index in [0.29, 0.717) is 15.8 Å². The van der Waals surface area contributed by atoms with E-state index in [1.54, 1.807) is 36.4 Å². The summed E-state index contributed by atoms with van der Waals surface area (Å²) in [5, 5.41) is 0.505. The third-order valence-electron chi connectivity index (χ3n) is 3.44. The summed E-state index contributed by atoms with van der Waals surface area (Å²) in [7, 11) is 0. The predicted octanol–water partition coefficient (Wildman–Crippen LogP) is 5.64. The largest absolute Gasteiger partial charge is 0.471 e. The number of halogens is 3. The first kappa shape index (κ1) is 17.3. The van der Waals surface area contributed by atoms with Gasteiger partial charge in [0.25, 0.3) is 0 Å². The Balaban J connectivity index is 2.14. The number of Topliss-reactive ketones (excluding diaryl/α,β-unsaturated/α-hetero) is 1. The second-order valence-corrected chi connectivity index (χ2v) is 7.09. The van der Waals surface area contributed by atoms with Crippen LogP contribution in [0.5, 0.6) is 5.75 Å². The van der Waals surface area contributed by atoms with E-state index < -0.39 is 10.4 Å². The maximum Gasteiger partial charge on any atom is 0.211 e. The van der Waals surface area contributed by atoms with Crippen LogP contribution in [0.4, 0.5) is 0 Å². The van der Waals surface area contributed by atoms with Gasteiger partial charge in [0.2, 0.25) is 5.01 Å². The Hall–Kier alpha value is -1.03. The van der Waals surface area contributed by atoms with Gasteiger partial charge < -0.3 is 4.74 Å². The molecule has 0 heterocycles. The number of benzene rings is 2. The Morgan fingerprint density at radius 2 is 1.45 bits per heavy atom. The van der Waals surface area contributed by atoms with E-state index in [1.807, 2.05) is 26.0 Å². The number of rotatable bonds is 5. The maximum atomic E-state index is 12.7. The summed E-state index contributed by atoms with van der Waals surface area (Å²) in [5.74, 6) is 0.497. The Morgan fingerprint density at radius 3 is 1.95 bits per heavy atom. The van der Waals surface area contributed by atoms with Crippen molar-refractivity contribution in [3.05, 3.63) is 64.1 Å². The van der Waals surface area contributed by atoms with Crippen molar-refractivity contribution in [2.45, 2.75) is 24.3 Å². The highest BCUT2D eigenvalue weighted by atomic mass is 79.9. The van der Waals surface area contributed by atoms with Gasteiger partial charge in [0, 0.05) is 10.0 Å². The van der Waals surface area contributed by atoms with E-state index in [0.717, 1.165) is 5.56 Å². The highest BCUT2D eigenvalue weighted by Gasteiger charge is 2.35. The number of hydrogen-bond acceptors (Lipinski definition) is 2. The summed E-state index contributed by atoms with van der Waals surface area (Å²) in [4.78, 5) is 12.7. The quantitative estimate of drug-likeness (QED) is 0.606. The molecule has 0 spiro atoms. The van der Waals surface area contributed by atoms with Crippen molar-refractivity contribution in [3.63, 3.8) is 0 Å². The van der Waals surface area contributed by atoms with Gasteiger partial charge >= 0.3 is 0 Å². The molecule has 2 rings (SSSR count). The lowest BCUT2D eigenvalue weighted by molar-refractivity contribution is -0.126. The molecule has 0 N–H and O–H groups in total. The molecule has 116 valence electrons. The number of ether oxygens (including phenoxy) is 1. The minimum atomic E-state index is -0.751. The molecule has 0 aliphatic heterocycles. The normalized spacial score (nSPS) is 12.8. The molecule has 5 heteroatoms. The third-order valence-corrected chi connectivity index (χ3v) is 4.55. The van der Waals surface area contributed by atoms with Gasteiger partial charge in [-0.3, -0.25) is 4.79 Å². The summed E-state index contributed by atoms with van der Waals surface area (Å²) in [5.41, 5.74) is 0.177. The van der Waals surface area contributed by atoms with Gasteiger partial charge in [-0.25, -0.2) is 0 Å². The van der Waals surface area contributed by atoms with E-state index >= 15 is 0 Å². The summed E-state index contributed by atoms with van der Waals surface area (Å²) < 4.78 is 5.65. The van der Waals surface area contributed by atoms with Gasteiger partial charge in [-0.15, -0.1) is 0 Å². The molecule has 0 aromatic heterocycles. The molecular weight excluding hydrogens is 387 g/mol. The van der Waals surface area contributed by atoms with Crippen LogP contribution >= 0.6 is 39.1 Å². The topological polar surface area (TPSA) is 26.3 Å². The molecule has 1 atom stereocenters. The molecule has 2 nitrogen and oxygen atoms in total. The van der Waals surface area contributed by atoms with Crippen molar-refractivity contribution in [1.29, 1.82) is 0 Å². The zero-order valence-electron chi connectivity index (χ0n) is 12.1. The summed E-state index contributed by atoms with van der Waals surface area (Å²) in [6.07, 6.45) is 0. The highest BCUT2D eigenvalue weighted by Crippen LogP contribution is 2.30. The van der Waals surface area contributed by atoms with Crippen LogP contribution in [0, 0.1) is 0 Å². The summed E-state index contributed by atoms with van der Waals surface area (Å²) in [6, 6.07) is 14.1. The number of carbonyl (C=O) groups excluding carboxylic acids is 1. The first-order valence-electron chi connectivity index (χ1n) is 6.67. The van der Waals surface area contributed by atoms with Crippen molar-refractivity contribution in [3.8, 4) is 5.75 Å². The molecule has 0 radical (unpaired) electrons. The Labute approximate surface area is 148 Å². The lowest BCUT2D eigenvalue weighted by Gasteiger charge is -2.26. The number of carbonyl (C=O) groups is 1. The second kappa shape index (κ2) is 7.03. The smallest absolute Gasteiger partial charge is 0.211 e. The number of hydrogen-bond donors (Lipinski definition) is 0. The minimum Gasteiger partial charge on any atom is -0.471 e. The van der Waals surface area contributed by atoms with Crippen LogP contribution < -0.4 is 4.74 Å². The zero-order chi connectivity index (χ0) is 16.3. The van der Waals surface area contributed by atoms with E-state index in [9.17, 15) is 4.79 Å². The first-order valence-corrected chi connectivity index (χ1v) is 8.34. The molecule has 0 fully saturated rings. The van der Waals surface area contributed by atoms with E-state index in [-0.39, 0.29) is 5.78 Å². The van der Waals surface area contributed by atoms with E-state index in [4.69, 9.17) is 27.9 Å². The molecule has 0 bridgehead atoms. The minimum absolute atomic E-state index is 0.0789. The van der Waals surface area contributed by atoms with Gasteiger partial charge in [-0.1, -0.05) is 35.3 Å². The summed E-state index contributed by atoms with van der Waals surface area (Å²) in [6.45, 7) is 3.72. The van der Waals surface area contributed by atoms with Crippen LogP contribution in [0.15, 0.2) is 48.5 Å². The van der Waals surface area contributed by atoms with Gasteiger partial charge in [0.1, 0.15) is 5.75 Å². The molecule has 0 aliphatic carbocycles. The number of ketones is 1. The fraction of sp³-hybridized carbons (Fsp3) is 0.235. The molecule has 22 heavy (non-hydrogen) atoms. The second-order valence-electron chi connectivity index (χ2n) is 5.38.